The quantitative estimate of drug-likeness (QED) is 0.904. The highest BCUT2D eigenvalue weighted by Gasteiger charge is 2.29. The SMILES string of the molecule is Cc1ccc(F)c(N2CCCC(NC3CC3)C2)c1F. The lowest BCUT2D eigenvalue weighted by atomic mass is 10.0. The Morgan fingerprint density at radius 3 is 2.68 bits per heavy atom. The minimum atomic E-state index is -0.449. The summed E-state index contributed by atoms with van der Waals surface area (Å²) in [5, 5.41) is 3.56. The van der Waals surface area contributed by atoms with Crippen LogP contribution in [0.4, 0.5) is 14.5 Å². The first kappa shape index (κ1) is 12.9. The number of piperidine rings is 1. The Balaban J connectivity index is 1.78. The van der Waals surface area contributed by atoms with Gasteiger partial charge in [0.1, 0.15) is 11.5 Å². The van der Waals surface area contributed by atoms with Crippen molar-refractivity contribution in [3.8, 4) is 0 Å². The van der Waals surface area contributed by atoms with Crippen molar-refractivity contribution in [3.05, 3.63) is 29.3 Å². The standard InChI is InChI=1S/C15H20F2N2/c1-10-4-7-13(16)15(14(10)17)19-8-2-3-12(9-19)18-11-5-6-11/h4,7,11-12,18H,2-3,5-6,8-9H2,1H3. The van der Waals surface area contributed by atoms with Crippen molar-refractivity contribution in [3.63, 3.8) is 0 Å². The Labute approximate surface area is 112 Å². The van der Waals surface area contributed by atoms with Crippen LogP contribution < -0.4 is 10.2 Å². The number of rotatable bonds is 3. The molecule has 1 atom stereocenters. The Kier molecular flexibility index (Phi) is 3.44. The molecule has 3 rings (SSSR count). The normalized spacial score (nSPS) is 23.7. The summed E-state index contributed by atoms with van der Waals surface area (Å²) in [5.74, 6) is -0.859. The van der Waals surface area contributed by atoms with Crippen molar-refractivity contribution in [2.24, 2.45) is 0 Å². The van der Waals surface area contributed by atoms with E-state index in [1.165, 1.54) is 25.0 Å². The fourth-order valence-electron chi connectivity index (χ4n) is 2.83. The molecule has 0 bridgehead atoms. The highest BCUT2D eigenvalue weighted by atomic mass is 19.1. The zero-order valence-electron chi connectivity index (χ0n) is 11.3. The van der Waals surface area contributed by atoms with E-state index in [1.54, 1.807) is 6.92 Å². The molecule has 0 amide bonds. The number of nitrogens with zero attached hydrogens (tertiary/aromatic N) is 1. The van der Waals surface area contributed by atoms with Crippen LogP contribution in [0.3, 0.4) is 0 Å². The molecule has 0 spiro atoms. The average molecular weight is 266 g/mol. The van der Waals surface area contributed by atoms with Crippen molar-refractivity contribution in [1.82, 2.24) is 5.32 Å². The van der Waals surface area contributed by atoms with E-state index in [9.17, 15) is 8.78 Å². The molecule has 1 aromatic carbocycles. The van der Waals surface area contributed by atoms with Gasteiger partial charge in [0.05, 0.1) is 0 Å². The van der Waals surface area contributed by atoms with Crippen LogP contribution in [-0.2, 0) is 0 Å². The zero-order chi connectivity index (χ0) is 13.4. The van der Waals surface area contributed by atoms with Gasteiger partial charge in [0.15, 0.2) is 5.82 Å². The number of halogens is 2. The average Bonchev–Trinajstić information content (AvgIpc) is 3.19. The Morgan fingerprint density at radius 1 is 1.16 bits per heavy atom. The third-order valence-corrected chi connectivity index (χ3v) is 4.05. The van der Waals surface area contributed by atoms with Crippen molar-refractivity contribution in [1.29, 1.82) is 0 Å². The lowest BCUT2D eigenvalue weighted by Gasteiger charge is -2.35. The minimum Gasteiger partial charge on any atom is -0.365 e. The summed E-state index contributed by atoms with van der Waals surface area (Å²) in [6.45, 7) is 3.12. The maximum absolute atomic E-state index is 14.1. The minimum absolute atomic E-state index is 0.155. The molecular formula is C15H20F2N2. The number of benzene rings is 1. The van der Waals surface area contributed by atoms with Gasteiger partial charge in [0, 0.05) is 25.2 Å². The second-order valence-electron chi connectivity index (χ2n) is 5.75. The van der Waals surface area contributed by atoms with Gasteiger partial charge in [0.2, 0.25) is 0 Å². The largest absolute Gasteiger partial charge is 0.365 e. The van der Waals surface area contributed by atoms with Crippen LogP contribution in [0.1, 0.15) is 31.2 Å². The summed E-state index contributed by atoms with van der Waals surface area (Å²) in [6.07, 6.45) is 4.56. The number of aryl methyl sites for hydroxylation is 1. The van der Waals surface area contributed by atoms with E-state index in [1.807, 2.05) is 4.90 Å². The first-order valence-electron chi connectivity index (χ1n) is 7.11. The highest BCUT2D eigenvalue weighted by molar-refractivity contribution is 5.52. The number of hydrogen-bond acceptors (Lipinski definition) is 2. The molecule has 2 aliphatic rings. The molecule has 104 valence electrons. The van der Waals surface area contributed by atoms with Gasteiger partial charge >= 0.3 is 0 Å². The van der Waals surface area contributed by atoms with Crippen LogP contribution >= 0.6 is 0 Å². The second kappa shape index (κ2) is 5.08. The predicted octanol–water partition coefficient (Wildman–Crippen LogP) is 2.99. The van der Waals surface area contributed by atoms with E-state index in [2.05, 4.69) is 5.32 Å². The molecule has 1 unspecified atom stereocenters. The monoisotopic (exact) mass is 266 g/mol. The Hall–Kier alpha value is -1.16. The molecule has 2 nitrogen and oxygen atoms in total. The zero-order valence-corrected chi connectivity index (χ0v) is 11.3. The molecule has 1 aromatic rings. The van der Waals surface area contributed by atoms with Gasteiger partial charge in [-0.15, -0.1) is 0 Å². The van der Waals surface area contributed by atoms with E-state index < -0.39 is 11.6 Å². The molecule has 19 heavy (non-hydrogen) atoms. The Morgan fingerprint density at radius 2 is 1.95 bits per heavy atom. The first-order chi connectivity index (χ1) is 9.15. The van der Waals surface area contributed by atoms with E-state index >= 15 is 0 Å². The number of nitrogens with one attached hydrogen (secondary N) is 1. The van der Waals surface area contributed by atoms with Crippen LogP contribution in [0.15, 0.2) is 12.1 Å². The Bertz CT molecular complexity index is 471. The van der Waals surface area contributed by atoms with Gasteiger partial charge in [-0.3, -0.25) is 0 Å². The number of hydrogen-bond donors (Lipinski definition) is 1. The molecule has 0 aromatic heterocycles. The molecule has 1 saturated heterocycles. The highest BCUT2D eigenvalue weighted by Crippen LogP contribution is 2.29. The van der Waals surface area contributed by atoms with E-state index in [-0.39, 0.29) is 5.69 Å². The summed E-state index contributed by atoms with van der Waals surface area (Å²) >= 11 is 0. The van der Waals surface area contributed by atoms with E-state index in [4.69, 9.17) is 0 Å². The summed E-state index contributed by atoms with van der Waals surface area (Å²) in [5.41, 5.74) is 0.663. The van der Waals surface area contributed by atoms with Gasteiger partial charge in [0.25, 0.3) is 0 Å². The van der Waals surface area contributed by atoms with E-state index in [0.29, 0.717) is 24.2 Å². The van der Waals surface area contributed by atoms with Gasteiger partial charge in [-0.1, -0.05) is 6.07 Å². The molecule has 1 saturated carbocycles. The molecular weight excluding hydrogens is 246 g/mol. The molecule has 0 radical (unpaired) electrons. The molecule has 1 aliphatic heterocycles. The summed E-state index contributed by atoms with van der Waals surface area (Å²) in [6, 6.07) is 3.86. The van der Waals surface area contributed by atoms with Crippen molar-refractivity contribution in [2.75, 3.05) is 18.0 Å². The van der Waals surface area contributed by atoms with Gasteiger partial charge < -0.3 is 10.2 Å². The van der Waals surface area contributed by atoms with E-state index in [0.717, 1.165) is 19.4 Å². The fourth-order valence-corrected chi connectivity index (χ4v) is 2.83. The summed E-state index contributed by atoms with van der Waals surface area (Å²) in [7, 11) is 0. The molecule has 1 N–H and O–H groups in total. The number of anilines is 1. The maximum atomic E-state index is 14.1. The van der Waals surface area contributed by atoms with Crippen molar-refractivity contribution in [2.45, 2.75) is 44.7 Å². The van der Waals surface area contributed by atoms with Crippen LogP contribution in [0.25, 0.3) is 0 Å². The summed E-state index contributed by atoms with van der Waals surface area (Å²) in [4.78, 5) is 1.86. The fraction of sp³-hybridized carbons (Fsp3) is 0.600. The van der Waals surface area contributed by atoms with Crippen LogP contribution in [0.5, 0.6) is 0 Å². The van der Waals surface area contributed by atoms with Crippen LogP contribution in [0, 0.1) is 18.6 Å². The predicted molar refractivity (Wildman–Crippen MR) is 72.5 cm³/mol. The van der Waals surface area contributed by atoms with Crippen molar-refractivity contribution < 1.29 is 8.78 Å². The van der Waals surface area contributed by atoms with Gasteiger partial charge in [-0.2, -0.15) is 0 Å². The molecule has 1 aliphatic carbocycles. The lowest BCUT2D eigenvalue weighted by Crippen LogP contribution is -2.47. The maximum Gasteiger partial charge on any atom is 0.152 e. The van der Waals surface area contributed by atoms with Crippen LogP contribution in [0.2, 0.25) is 0 Å². The first-order valence-corrected chi connectivity index (χ1v) is 7.11. The third-order valence-electron chi connectivity index (χ3n) is 4.05. The topological polar surface area (TPSA) is 15.3 Å². The third kappa shape index (κ3) is 2.73. The van der Waals surface area contributed by atoms with Gasteiger partial charge in [-0.25, -0.2) is 8.78 Å². The second-order valence-corrected chi connectivity index (χ2v) is 5.75. The van der Waals surface area contributed by atoms with Crippen LogP contribution in [-0.4, -0.2) is 25.2 Å². The molecule has 4 heteroatoms. The summed E-state index contributed by atoms with van der Waals surface area (Å²) < 4.78 is 28.1. The van der Waals surface area contributed by atoms with Gasteiger partial charge in [-0.05, 0) is 44.2 Å². The lowest BCUT2D eigenvalue weighted by molar-refractivity contribution is 0.413. The molecule has 2 fully saturated rings. The smallest absolute Gasteiger partial charge is 0.152 e. The van der Waals surface area contributed by atoms with Crippen molar-refractivity contribution >= 4 is 5.69 Å². The molecule has 1 heterocycles.